The molecule has 0 atom stereocenters. The molecule has 0 aliphatic heterocycles. The van der Waals surface area contributed by atoms with E-state index in [1.807, 2.05) is 67.6 Å². The van der Waals surface area contributed by atoms with E-state index in [0.29, 0.717) is 24.7 Å². The van der Waals surface area contributed by atoms with E-state index in [4.69, 9.17) is 24.1 Å². The lowest BCUT2D eigenvalue weighted by Gasteiger charge is -2.18. The van der Waals surface area contributed by atoms with Crippen LogP contribution in [-0.4, -0.2) is 36.7 Å². The topological polar surface area (TPSA) is 74.2 Å². The fourth-order valence-electron chi connectivity index (χ4n) is 2.66. The first kappa shape index (κ1) is 32.7. The Balaban J connectivity index is 0.000000303. The van der Waals surface area contributed by atoms with Crippen molar-refractivity contribution in [2.75, 3.05) is 19.8 Å². The van der Waals surface area contributed by atoms with Crippen molar-refractivity contribution in [1.82, 2.24) is 0 Å². The van der Waals surface area contributed by atoms with Gasteiger partial charge in [0.1, 0.15) is 23.7 Å². The van der Waals surface area contributed by atoms with Gasteiger partial charge in [0, 0.05) is 6.61 Å². The highest BCUT2D eigenvalue weighted by molar-refractivity contribution is 5.64. The number of hydrogen-bond acceptors (Lipinski definition) is 6. The molecule has 0 bridgehead atoms. The summed E-state index contributed by atoms with van der Waals surface area (Å²) in [4.78, 5) is 11.3. The molecule has 0 amide bonds. The number of phenols is 1. The van der Waals surface area contributed by atoms with Crippen LogP contribution in [0.25, 0.3) is 18.2 Å². The third kappa shape index (κ3) is 17.0. The van der Waals surface area contributed by atoms with Crippen LogP contribution >= 0.6 is 0 Å². The lowest BCUT2D eigenvalue weighted by molar-refractivity contribution is 0.0206. The quantitative estimate of drug-likeness (QED) is 0.129. The number of rotatable bonds is 9. The molecule has 0 aromatic heterocycles. The zero-order valence-corrected chi connectivity index (χ0v) is 23.3. The number of benzene rings is 3. The Morgan fingerprint density at radius 2 is 1.38 bits per heavy atom. The van der Waals surface area contributed by atoms with Gasteiger partial charge in [-0.05, 0) is 74.7 Å². The van der Waals surface area contributed by atoms with E-state index >= 15 is 0 Å². The molecule has 6 nitrogen and oxygen atoms in total. The van der Waals surface area contributed by atoms with Gasteiger partial charge < -0.3 is 24.1 Å². The van der Waals surface area contributed by atoms with Crippen molar-refractivity contribution in [2.45, 2.75) is 33.3 Å². The first-order valence-electron chi connectivity index (χ1n) is 12.6. The molecule has 6 heteroatoms. The van der Waals surface area contributed by atoms with E-state index in [-0.39, 0.29) is 0 Å². The van der Waals surface area contributed by atoms with Gasteiger partial charge in [0.15, 0.2) is 0 Å². The monoisotopic (exact) mass is 532 g/mol. The zero-order chi connectivity index (χ0) is 28.9. The lowest BCUT2D eigenvalue weighted by atomic mass is 10.2. The number of aromatic hydroxyl groups is 1. The van der Waals surface area contributed by atoms with Gasteiger partial charge in [0.25, 0.3) is 0 Å². The van der Waals surface area contributed by atoms with E-state index in [9.17, 15) is 4.79 Å². The molecular weight excluding hydrogens is 492 g/mol. The second kappa shape index (κ2) is 18.9. The van der Waals surface area contributed by atoms with Crippen molar-refractivity contribution in [3.63, 3.8) is 0 Å². The number of carbonyl (C=O) groups excluding carboxylic acids is 1. The second-order valence-corrected chi connectivity index (χ2v) is 8.92. The molecule has 39 heavy (non-hydrogen) atoms. The summed E-state index contributed by atoms with van der Waals surface area (Å²) in [6, 6.07) is 24.0. The molecule has 0 unspecified atom stereocenters. The average molecular weight is 533 g/mol. The Morgan fingerprint density at radius 3 is 1.90 bits per heavy atom. The van der Waals surface area contributed by atoms with Gasteiger partial charge in [-0.3, -0.25) is 0 Å². The van der Waals surface area contributed by atoms with E-state index in [2.05, 4.69) is 13.2 Å². The minimum atomic E-state index is -0.696. The summed E-state index contributed by atoms with van der Waals surface area (Å²) in [5.41, 5.74) is 2.59. The minimum Gasteiger partial charge on any atom is -0.508 e. The summed E-state index contributed by atoms with van der Waals surface area (Å²) < 4.78 is 20.4. The highest BCUT2D eigenvalue weighted by Gasteiger charge is 2.17. The van der Waals surface area contributed by atoms with Crippen LogP contribution in [0.4, 0.5) is 4.79 Å². The predicted octanol–water partition coefficient (Wildman–Crippen LogP) is 8.39. The van der Waals surface area contributed by atoms with Crippen LogP contribution < -0.4 is 4.74 Å². The Bertz CT molecular complexity index is 1110. The number of carbonyl (C=O) groups is 1. The van der Waals surface area contributed by atoms with Crippen LogP contribution in [0, 0.1) is 0 Å². The minimum absolute atomic E-state index is 0.292. The molecule has 0 aliphatic carbocycles. The maximum Gasteiger partial charge on any atom is 0.514 e. The van der Waals surface area contributed by atoms with Gasteiger partial charge >= 0.3 is 6.16 Å². The third-order valence-electron chi connectivity index (χ3n) is 4.54. The molecular formula is C33H40O6. The average Bonchev–Trinajstić information content (AvgIpc) is 2.92. The molecule has 0 saturated heterocycles. The van der Waals surface area contributed by atoms with Crippen molar-refractivity contribution in [3.8, 4) is 11.5 Å². The maximum absolute atomic E-state index is 11.3. The third-order valence-corrected chi connectivity index (χ3v) is 4.54. The molecule has 1 N–H and O–H groups in total. The lowest BCUT2D eigenvalue weighted by Crippen LogP contribution is -2.25. The van der Waals surface area contributed by atoms with E-state index < -0.39 is 11.8 Å². The van der Waals surface area contributed by atoms with Gasteiger partial charge in [-0.2, -0.15) is 0 Å². The van der Waals surface area contributed by atoms with Gasteiger partial charge in [-0.15, -0.1) is 0 Å². The molecule has 208 valence electrons. The Labute approximate surface area is 232 Å². The standard InChI is InChI=1S/C13H16O3.C12H16O2.C8H8O/c1-5-10-6-8-11(9-7-10)15-12(14)16-13(2,3)4;1-2-13-10-11-14-9-8-12-6-4-3-5-7-12;1-2-7-3-5-8(9)6-4-7/h5-9H,1H2,2-4H3;3-9H,2,10-11H2,1H3;2-6,9H,1H2. The predicted molar refractivity (Wildman–Crippen MR) is 160 cm³/mol. The van der Waals surface area contributed by atoms with Crippen molar-refractivity contribution in [3.05, 3.63) is 115 Å². The van der Waals surface area contributed by atoms with E-state index in [1.165, 1.54) is 0 Å². The van der Waals surface area contributed by atoms with Crippen molar-refractivity contribution < 1.29 is 28.8 Å². The summed E-state index contributed by atoms with van der Waals surface area (Å²) in [7, 11) is 0. The molecule has 3 aromatic carbocycles. The first-order chi connectivity index (χ1) is 18.7. The SMILES string of the molecule is C=Cc1ccc(O)cc1.C=Cc1ccc(OC(=O)OC(C)(C)C)cc1.CCOCCOC=Cc1ccccc1. The number of ether oxygens (including phenoxy) is 4. The van der Waals surface area contributed by atoms with E-state index in [0.717, 1.165) is 23.3 Å². The number of hydrogen-bond donors (Lipinski definition) is 1. The second-order valence-electron chi connectivity index (χ2n) is 8.92. The van der Waals surface area contributed by atoms with E-state index in [1.54, 1.807) is 63.5 Å². The maximum atomic E-state index is 11.3. The molecule has 0 aliphatic rings. The van der Waals surface area contributed by atoms with Crippen molar-refractivity contribution >= 4 is 24.4 Å². The highest BCUT2D eigenvalue weighted by atomic mass is 16.7. The van der Waals surface area contributed by atoms with Crippen LogP contribution in [-0.2, 0) is 14.2 Å². The Kier molecular flexibility index (Phi) is 15.8. The van der Waals surface area contributed by atoms with Crippen molar-refractivity contribution in [1.29, 1.82) is 0 Å². The number of phenolic OH excluding ortho intramolecular Hbond substituents is 1. The molecule has 0 heterocycles. The fourth-order valence-corrected chi connectivity index (χ4v) is 2.66. The van der Waals surface area contributed by atoms with Gasteiger partial charge in [-0.1, -0.05) is 79.9 Å². The largest absolute Gasteiger partial charge is 0.514 e. The summed E-state index contributed by atoms with van der Waals surface area (Å²) >= 11 is 0. The smallest absolute Gasteiger partial charge is 0.508 e. The zero-order valence-electron chi connectivity index (χ0n) is 23.3. The molecule has 0 fully saturated rings. The fraction of sp³-hybridized carbons (Fsp3) is 0.242. The highest BCUT2D eigenvalue weighted by Crippen LogP contribution is 2.15. The molecule has 0 spiro atoms. The van der Waals surface area contributed by atoms with Gasteiger partial charge in [0.2, 0.25) is 0 Å². The van der Waals surface area contributed by atoms with Crippen LogP contribution in [0.3, 0.4) is 0 Å². The van der Waals surface area contributed by atoms with Crippen LogP contribution in [0.1, 0.15) is 44.4 Å². The molecule has 3 aromatic rings. The van der Waals surface area contributed by atoms with Gasteiger partial charge in [-0.25, -0.2) is 4.79 Å². The summed E-state index contributed by atoms with van der Waals surface area (Å²) in [6.07, 6.45) is 6.40. The Hall–Kier alpha value is -4.29. The normalized spacial score (nSPS) is 10.3. The van der Waals surface area contributed by atoms with Gasteiger partial charge in [0.05, 0.1) is 12.9 Å². The summed E-state index contributed by atoms with van der Waals surface area (Å²) in [5.74, 6) is 0.750. The Morgan fingerprint density at radius 1 is 0.821 bits per heavy atom. The van der Waals surface area contributed by atoms with Crippen molar-refractivity contribution in [2.24, 2.45) is 0 Å². The summed E-state index contributed by atoms with van der Waals surface area (Å²) in [6.45, 7) is 16.5. The van der Waals surface area contributed by atoms with Crippen LogP contribution in [0.15, 0.2) is 98.3 Å². The molecule has 0 saturated carbocycles. The van der Waals surface area contributed by atoms with Crippen LogP contribution in [0.5, 0.6) is 11.5 Å². The molecule has 0 radical (unpaired) electrons. The summed E-state index contributed by atoms with van der Waals surface area (Å²) in [5, 5.41) is 8.82. The first-order valence-corrected chi connectivity index (χ1v) is 12.6. The van der Waals surface area contributed by atoms with Crippen LogP contribution in [0.2, 0.25) is 0 Å². The molecule has 3 rings (SSSR count).